The van der Waals surface area contributed by atoms with Gasteiger partial charge >= 0.3 is 0 Å². The standard InChI is InChI=1S/C15H23N3O2.2ClH/c1-11(9-16)15(19)17-12-6-7-18(10-12)13-4-3-5-14(8-13)20-2;;/h3-5,8,11-12H,6-7,9-10,16H2,1-2H3,(H,17,19);2*1H. The predicted octanol–water partition coefficient (Wildman–Crippen LogP) is 1.83. The van der Waals surface area contributed by atoms with Crippen LogP contribution in [0.25, 0.3) is 0 Å². The third-order valence-electron chi connectivity index (χ3n) is 3.75. The summed E-state index contributed by atoms with van der Waals surface area (Å²) in [6.07, 6.45) is 0.959. The highest BCUT2D eigenvalue weighted by atomic mass is 35.5. The third kappa shape index (κ3) is 5.23. The predicted molar refractivity (Wildman–Crippen MR) is 94.5 cm³/mol. The zero-order valence-corrected chi connectivity index (χ0v) is 14.6. The molecule has 3 N–H and O–H groups in total. The van der Waals surface area contributed by atoms with Crippen LogP contribution in [0.2, 0.25) is 0 Å². The van der Waals surface area contributed by atoms with Crippen LogP contribution in [0.5, 0.6) is 5.75 Å². The van der Waals surface area contributed by atoms with Crippen LogP contribution in [0.15, 0.2) is 24.3 Å². The van der Waals surface area contributed by atoms with Crippen molar-refractivity contribution in [3.05, 3.63) is 24.3 Å². The maximum absolute atomic E-state index is 11.8. The topological polar surface area (TPSA) is 67.6 Å². The van der Waals surface area contributed by atoms with Crippen LogP contribution in [0.3, 0.4) is 0 Å². The maximum atomic E-state index is 11.8. The van der Waals surface area contributed by atoms with Gasteiger partial charge in [0.15, 0.2) is 0 Å². The second kappa shape index (κ2) is 9.77. The first-order chi connectivity index (χ1) is 9.63. The first-order valence-corrected chi connectivity index (χ1v) is 7.03. The first-order valence-electron chi connectivity index (χ1n) is 7.03. The van der Waals surface area contributed by atoms with Gasteiger partial charge in [-0.1, -0.05) is 13.0 Å². The molecule has 1 aliphatic rings. The van der Waals surface area contributed by atoms with Gasteiger partial charge in [-0.25, -0.2) is 0 Å². The molecule has 1 aromatic carbocycles. The highest BCUT2D eigenvalue weighted by Gasteiger charge is 2.25. The highest BCUT2D eigenvalue weighted by Crippen LogP contribution is 2.24. The lowest BCUT2D eigenvalue weighted by Crippen LogP contribution is -2.41. The SMILES string of the molecule is COc1cccc(N2CCC(NC(=O)C(C)CN)C2)c1.Cl.Cl. The summed E-state index contributed by atoms with van der Waals surface area (Å²) >= 11 is 0. The van der Waals surface area contributed by atoms with Gasteiger partial charge in [-0.15, -0.1) is 24.8 Å². The molecule has 0 aliphatic carbocycles. The lowest BCUT2D eigenvalue weighted by Gasteiger charge is -2.20. The Labute approximate surface area is 144 Å². The fourth-order valence-corrected chi connectivity index (χ4v) is 2.37. The molecular weight excluding hydrogens is 325 g/mol. The summed E-state index contributed by atoms with van der Waals surface area (Å²) in [4.78, 5) is 14.1. The number of hydrogen-bond acceptors (Lipinski definition) is 4. The fraction of sp³-hybridized carbons (Fsp3) is 0.533. The van der Waals surface area contributed by atoms with Crippen molar-refractivity contribution in [1.29, 1.82) is 0 Å². The zero-order valence-electron chi connectivity index (χ0n) is 13.0. The van der Waals surface area contributed by atoms with Crippen LogP contribution in [-0.4, -0.2) is 38.7 Å². The number of ether oxygens (including phenoxy) is 1. The number of hydrogen-bond donors (Lipinski definition) is 2. The monoisotopic (exact) mass is 349 g/mol. The molecule has 7 heteroatoms. The van der Waals surface area contributed by atoms with Crippen molar-refractivity contribution in [3.8, 4) is 5.75 Å². The Morgan fingerprint density at radius 1 is 1.50 bits per heavy atom. The largest absolute Gasteiger partial charge is 0.497 e. The van der Waals surface area contributed by atoms with Crippen LogP contribution in [0.4, 0.5) is 5.69 Å². The number of amides is 1. The first kappa shape index (κ1) is 20.8. The van der Waals surface area contributed by atoms with E-state index in [9.17, 15) is 4.79 Å². The summed E-state index contributed by atoms with van der Waals surface area (Å²) in [5.41, 5.74) is 6.64. The molecule has 1 fully saturated rings. The molecule has 1 heterocycles. The smallest absolute Gasteiger partial charge is 0.224 e. The van der Waals surface area contributed by atoms with Gasteiger partial charge < -0.3 is 20.7 Å². The second-order valence-electron chi connectivity index (χ2n) is 5.28. The molecule has 5 nitrogen and oxygen atoms in total. The number of methoxy groups -OCH3 is 1. The lowest BCUT2D eigenvalue weighted by atomic mass is 10.1. The van der Waals surface area contributed by atoms with E-state index in [0.717, 1.165) is 30.9 Å². The Balaban J connectivity index is 0.00000220. The molecule has 0 radical (unpaired) electrons. The average molecular weight is 350 g/mol. The maximum Gasteiger partial charge on any atom is 0.224 e. The van der Waals surface area contributed by atoms with Gasteiger partial charge in [-0.3, -0.25) is 4.79 Å². The quantitative estimate of drug-likeness (QED) is 0.850. The van der Waals surface area contributed by atoms with E-state index in [2.05, 4.69) is 16.3 Å². The minimum Gasteiger partial charge on any atom is -0.497 e. The van der Waals surface area contributed by atoms with Crippen LogP contribution in [0.1, 0.15) is 13.3 Å². The molecule has 2 unspecified atom stereocenters. The van der Waals surface area contributed by atoms with E-state index in [-0.39, 0.29) is 42.7 Å². The number of carbonyl (C=O) groups excluding carboxylic acids is 1. The van der Waals surface area contributed by atoms with Crippen molar-refractivity contribution >= 4 is 36.4 Å². The average Bonchev–Trinajstić information content (AvgIpc) is 2.94. The number of anilines is 1. The summed E-state index contributed by atoms with van der Waals surface area (Å²) < 4.78 is 5.24. The summed E-state index contributed by atoms with van der Waals surface area (Å²) in [5.74, 6) is 0.776. The summed E-state index contributed by atoms with van der Waals surface area (Å²) in [6, 6.07) is 8.20. The summed E-state index contributed by atoms with van der Waals surface area (Å²) in [7, 11) is 1.67. The van der Waals surface area contributed by atoms with Gasteiger partial charge in [0.05, 0.1) is 7.11 Å². The minimum absolute atomic E-state index is 0. The van der Waals surface area contributed by atoms with E-state index in [4.69, 9.17) is 10.5 Å². The van der Waals surface area contributed by atoms with Crippen LogP contribution >= 0.6 is 24.8 Å². The fourth-order valence-electron chi connectivity index (χ4n) is 2.37. The molecule has 2 rings (SSSR count). The molecule has 1 aromatic rings. The summed E-state index contributed by atoms with van der Waals surface area (Å²) in [6.45, 7) is 4.01. The molecule has 0 saturated carbocycles. The van der Waals surface area contributed by atoms with Crippen molar-refractivity contribution in [1.82, 2.24) is 5.32 Å². The molecular formula is C15H25Cl2N3O2. The lowest BCUT2D eigenvalue weighted by molar-refractivity contribution is -0.124. The molecule has 0 bridgehead atoms. The van der Waals surface area contributed by atoms with Gasteiger partial charge in [0, 0.05) is 43.3 Å². The highest BCUT2D eigenvalue weighted by molar-refractivity contribution is 5.85. The third-order valence-corrected chi connectivity index (χ3v) is 3.75. The van der Waals surface area contributed by atoms with E-state index in [0.29, 0.717) is 6.54 Å². The number of nitrogens with zero attached hydrogens (tertiary/aromatic N) is 1. The Kier molecular flexibility index (Phi) is 9.25. The second-order valence-corrected chi connectivity index (χ2v) is 5.28. The van der Waals surface area contributed by atoms with Gasteiger partial charge in [-0.2, -0.15) is 0 Å². The molecule has 0 aromatic heterocycles. The van der Waals surface area contributed by atoms with E-state index >= 15 is 0 Å². The van der Waals surface area contributed by atoms with Gasteiger partial charge in [-0.05, 0) is 18.6 Å². The minimum atomic E-state index is -0.124. The van der Waals surface area contributed by atoms with E-state index < -0.39 is 0 Å². The molecule has 1 amide bonds. The Morgan fingerprint density at radius 2 is 2.23 bits per heavy atom. The van der Waals surface area contributed by atoms with Crippen molar-refractivity contribution in [2.45, 2.75) is 19.4 Å². The van der Waals surface area contributed by atoms with Gasteiger partial charge in [0.25, 0.3) is 0 Å². The molecule has 22 heavy (non-hydrogen) atoms. The van der Waals surface area contributed by atoms with Crippen molar-refractivity contribution in [2.75, 3.05) is 31.6 Å². The van der Waals surface area contributed by atoms with Crippen LogP contribution in [-0.2, 0) is 4.79 Å². The van der Waals surface area contributed by atoms with E-state index in [1.54, 1.807) is 7.11 Å². The number of benzene rings is 1. The van der Waals surface area contributed by atoms with E-state index in [1.165, 1.54) is 0 Å². The van der Waals surface area contributed by atoms with Crippen molar-refractivity contribution in [2.24, 2.45) is 11.7 Å². The Hall–Kier alpha value is -1.17. The number of rotatable bonds is 5. The number of nitrogens with two attached hydrogens (primary N) is 1. The van der Waals surface area contributed by atoms with Crippen molar-refractivity contribution in [3.63, 3.8) is 0 Å². The van der Waals surface area contributed by atoms with E-state index in [1.807, 2.05) is 25.1 Å². The van der Waals surface area contributed by atoms with Gasteiger partial charge in [0.1, 0.15) is 5.75 Å². The normalized spacial score (nSPS) is 18.0. The van der Waals surface area contributed by atoms with Gasteiger partial charge in [0.2, 0.25) is 5.91 Å². The number of nitrogens with one attached hydrogen (secondary N) is 1. The Bertz CT molecular complexity index is 474. The number of halogens is 2. The molecule has 1 saturated heterocycles. The Morgan fingerprint density at radius 3 is 2.86 bits per heavy atom. The molecule has 0 spiro atoms. The van der Waals surface area contributed by atoms with Crippen LogP contribution < -0.4 is 20.7 Å². The zero-order chi connectivity index (χ0) is 14.5. The number of carbonyl (C=O) groups is 1. The molecule has 2 atom stereocenters. The van der Waals surface area contributed by atoms with Crippen molar-refractivity contribution < 1.29 is 9.53 Å². The summed E-state index contributed by atoms with van der Waals surface area (Å²) in [5, 5.41) is 3.07. The van der Waals surface area contributed by atoms with Crippen LogP contribution in [0, 0.1) is 5.92 Å². The molecule has 126 valence electrons. The molecule has 1 aliphatic heterocycles.